The zero-order chi connectivity index (χ0) is 16.2. The van der Waals surface area contributed by atoms with Crippen LogP contribution in [0, 0.1) is 5.82 Å². The molecule has 1 heterocycles. The molecule has 2 aromatic carbocycles. The number of carbonyl (C=O) groups is 1. The summed E-state index contributed by atoms with van der Waals surface area (Å²) in [7, 11) is 0. The van der Waals surface area contributed by atoms with Gasteiger partial charge in [0, 0.05) is 17.6 Å². The number of rotatable bonds is 5. The maximum Gasteiger partial charge on any atom is 0.257 e. The van der Waals surface area contributed by atoms with Crippen LogP contribution in [-0.4, -0.2) is 16.6 Å². The van der Waals surface area contributed by atoms with Gasteiger partial charge >= 0.3 is 0 Å². The largest absolute Gasteiger partial charge is 0.431 e. The lowest BCUT2D eigenvalue weighted by molar-refractivity contribution is -0.118. The molecule has 3 aromatic rings. The molecule has 7 heteroatoms. The van der Waals surface area contributed by atoms with Crippen molar-refractivity contribution in [2.24, 2.45) is 0 Å². The molecule has 0 bridgehead atoms. The third-order valence-corrected chi connectivity index (χ3v) is 4.12. The Kier molecular flexibility index (Phi) is 4.83. The van der Waals surface area contributed by atoms with E-state index < -0.39 is 0 Å². The van der Waals surface area contributed by atoms with Crippen LogP contribution in [0.4, 0.5) is 4.39 Å². The number of oxazole rings is 1. The highest BCUT2D eigenvalue weighted by Crippen LogP contribution is 2.25. The molecule has 0 saturated carbocycles. The number of hydrogen-bond acceptors (Lipinski definition) is 4. The van der Waals surface area contributed by atoms with E-state index in [9.17, 15) is 9.18 Å². The Morgan fingerprint density at radius 3 is 2.83 bits per heavy atom. The van der Waals surface area contributed by atoms with E-state index in [1.165, 1.54) is 23.9 Å². The summed E-state index contributed by atoms with van der Waals surface area (Å²) in [6, 6.07) is 11.2. The molecule has 118 valence electrons. The van der Waals surface area contributed by atoms with E-state index in [2.05, 4.69) is 10.3 Å². The molecule has 23 heavy (non-hydrogen) atoms. The minimum absolute atomic E-state index is 0.153. The first-order valence-corrected chi connectivity index (χ1v) is 8.16. The van der Waals surface area contributed by atoms with Gasteiger partial charge in [-0.05, 0) is 29.8 Å². The normalized spacial score (nSPS) is 10.9. The number of nitrogens with zero attached hydrogens (tertiary/aromatic N) is 1. The van der Waals surface area contributed by atoms with E-state index in [0.29, 0.717) is 27.9 Å². The number of thioether (sulfide) groups is 1. The van der Waals surface area contributed by atoms with E-state index in [-0.39, 0.29) is 17.5 Å². The van der Waals surface area contributed by atoms with Gasteiger partial charge in [0.2, 0.25) is 5.91 Å². The summed E-state index contributed by atoms with van der Waals surface area (Å²) in [4.78, 5) is 16.1. The first-order valence-electron chi connectivity index (χ1n) is 6.80. The fourth-order valence-corrected chi connectivity index (χ4v) is 2.75. The zero-order valence-corrected chi connectivity index (χ0v) is 13.5. The Morgan fingerprint density at radius 2 is 2.04 bits per heavy atom. The summed E-state index contributed by atoms with van der Waals surface area (Å²) >= 11 is 7.09. The molecule has 0 aliphatic rings. The van der Waals surface area contributed by atoms with Gasteiger partial charge in [-0.2, -0.15) is 0 Å². The van der Waals surface area contributed by atoms with Crippen LogP contribution in [0.3, 0.4) is 0 Å². The lowest BCUT2D eigenvalue weighted by Crippen LogP contribution is -2.24. The molecule has 0 fully saturated rings. The van der Waals surface area contributed by atoms with Crippen LogP contribution in [0.15, 0.2) is 52.1 Å². The minimum Gasteiger partial charge on any atom is -0.431 e. The SMILES string of the molecule is O=C(CSc1nc2ccc(Cl)cc2o1)NCc1ccc(F)cc1. The maximum atomic E-state index is 12.8. The van der Waals surface area contributed by atoms with Gasteiger partial charge in [0.05, 0.1) is 5.75 Å². The molecule has 1 amide bonds. The Hall–Kier alpha value is -2.05. The van der Waals surface area contributed by atoms with E-state index in [1.54, 1.807) is 30.3 Å². The van der Waals surface area contributed by atoms with Crippen LogP contribution in [0.5, 0.6) is 0 Å². The number of fused-ring (bicyclic) bond motifs is 1. The van der Waals surface area contributed by atoms with E-state index in [1.807, 2.05) is 0 Å². The summed E-state index contributed by atoms with van der Waals surface area (Å²) < 4.78 is 18.3. The van der Waals surface area contributed by atoms with Crippen LogP contribution in [0.25, 0.3) is 11.1 Å². The fraction of sp³-hybridized carbons (Fsp3) is 0.125. The second kappa shape index (κ2) is 7.02. The summed E-state index contributed by atoms with van der Waals surface area (Å²) in [6.45, 7) is 0.350. The predicted molar refractivity (Wildman–Crippen MR) is 88.0 cm³/mol. The van der Waals surface area contributed by atoms with Crippen molar-refractivity contribution in [3.8, 4) is 0 Å². The molecule has 0 unspecified atom stereocenters. The molecule has 0 aliphatic heterocycles. The first kappa shape index (κ1) is 15.8. The second-order valence-corrected chi connectivity index (χ2v) is 6.15. The van der Waals surface area contributed by atoms with Crippen molar-refractivity contribution in [3.05, 3.63) is 58.9 Å². The molecular formula is C16H12ClFN2O2S. The summed E-state index contributed by atoms with van der Waals surface area (Å²) in [6.07, 6.45) is 0. The minimum atomic E-state index is -0.299. The van der Waals surface area contributed by atoms with E-state index >= 15 is 0 Å². The number of benzene rings is 2. The fourth-order valence-electron chi connectivity index (χ4n) is 1.92. The number of aromatic nitrogens is 1. The standard InChI is InChI=1S/C16H12ClFN2O2S/c17-11-3-6-13-14(7-11)22-16(20-13)23-9-15(21)19-8-10-1-4-12(18)5-2-10/h1-7H,8-9H2,(H,19,21). The van der Waals surface area contributed by atoms with Gasteiger partial charge < -0.3 is 9.73 Å². The van der Waals surface area contributed by atoms with Gasteiger partial charge in [0.25, 0.3) is 5.22 Å². The summed E-state index contributed by atoms with van der Waals surface area (Å²) in [5, 5.41) is 3.75. The summed E-state index contributed by atoms with van der Waals surface area (Å²) in [5.74, 6) is -0.270. The molecule has 0 spiro atoms. The number of nitrogens with one attached hydrogen (secondary N) is 1. The van der Waals surface area contributed by atoms with Crippen LogP contribution >= 0.6 is 23.4 Å². The molecule has 0 aliphatic carbocycles. The number of hydrogen-bond donors (Lipinski definition) is 1. The van der Waals surface area contributed by atoms with Crippen LogP contribution < -0.4 is 5.32 Å². The molecule has 4 nitrogen and oxygen atoms in total. The van der Waals surface area contributed by atoms with Gasteiger partial charge in [-0.3, -0.25) is 4.79 Å². The zero-order valence-electron chi connectivity index (χ0n) is 11.9. The third-order valence-electron chi connectivity index (χ3n) is 3.06. The predicted octanol–water partition coefficient (Wildman–Crippen LogP) is 4.03. The molecule has 3 rings (SSSR count). The number of amides is 1. The average Bonchev–Trinajstić information content (AvgIpc) is 2.94. The quantitative estimate of drug-likeness (QED) is 0.706. The highest BCUT2D eigenvalue weighted by molar-refractivity contribution is 7.99. The topological polar surface area (TPSA) is 55.1 Å². The van der Waals surface area contributed by atoms with Crippen LogP contribution in [-0.2, 0) is 11.3 Å². The maximum absolute atomic E-state index is 12.8. The van der Waals surface area contributed by atoms with E-state index in [4.69, 9.17) is 16.0 Å². The first-order chi connectivity index (χ1) is 11.1. The van der Waals surface area contributed by atoms with E-state index in [0.717, 1.165) is 5.56 Å². The van der Waals surface area contributed by atoms with Crippen molar-refractivity contribution < 1.29 is 13.6 Å². The average molecular weight is 351 g/mol. The van der Waals surface area contributed by atoms with Crippen molar-refractivity contribution in [2.75, 3.05) is 5.75 Å². The second-order valence-electron chi connectivity index (χ2n) is 4.78. The van der Waals surface area contributed by atoms with Gasteiger partial charge in [-0.1, -0.05) is 35.5 Å². The lowest BCUT2D eigenvalue weighted by atomic mass is 10.2. The van der Waals surface area contributed by atoms with Gasteiger partial charge in [-0.25, -0.2) is 9.37 Å². The Bertz CT molecular complexity index is 836. The molecular weight excluding hydrogens is 339 g/mol. The van der Waals surface area contributed by atoms with Crippen molar-refractivity contribution >= 4 is 40.4 Å². The lowest BCUT2D eigenvalue weighted by Gasteiger charge is -2.04. The van der Waals surface area contributed by atoms with Gasteiger partial charge in [0.15, 0.2) is 5.58 Å². The number of halogens is 2. The highest BCUT2D eigenvalue weighted by Gasteiger charge is 2.09. The van der Waals surface area contributed by atoms with Crippen molar-refractivity contribution in [3.63, 3.8) is 0 Å². The van der Waals surface area contributed by atoms with Gasteiger partial charge in [-0.15, -0.1) is 0 Å². The highest BCUT2D eigenvalue weighted by atomic mass is 35.5. The molecule has 0 atom stereocenters. The summed E-state index contributed by atoms with van der Waals surface area (Å²) in [5.41, 5.74) is 2.12. The Morgan fingerprint density at radius 1 is 1.26 bits per heavy atom. The monoisotopic (exact) mass is 350 g/mol. The van der Waals surface area contributed by atoms with Crippen LogP contribution in [0.2, 0.25) is 5.02 Å². The molecule has 0 saturated heterocycles. The van der Waals surface area contributed by atoms with Crippen LogP contribution in [0.1, 0.15) is 5.56 Å². The Balaban J connectivity index is 1.52. The smallest absolute Gasteiger partial charge is 0.257 e. The molecule has 1 aromatic heterocycles. The Labute approximate surface area is 141 Å². The van der Waals surface area contributed by atoms with Crippen molar-refractivity contribution in [1.82, 2.24) is 10.3 Å². The van der Waals surface area contributed by atoms with Crippen molar-refractivity contribution in [2.45, 2.75) is 11.8 Å². The third kappa shape index (κ3) is 4.24. The molecule has 1 N–H and O–H groups in total. The van der Waals surface area contributed by atoms with Gasteiger partial charge in [0.1, 0.15) is 11.3 Å². The van der Waals surface area contributed by atoms with Crippen molar-refractivity contribution in [1.29, 1.82) is 0 Å². The number of carbonyl (C=O) groups excluding carboxylic acids is 1. The molecule has 0 radical (unpaired) electrons.